The van der Waals surface area contributed by atoms with Gasteiger partial charge >= 0.3 is 17.9 Å². The Morgan fingerprint density at radius 3 is 2.36 bits per heavy atom. The minimum atomic E-state index is -0.964. The van der Waals surface area contributed by atoms with Crippen molar-refractivity contribution >= 4 is 17.9 Å². The molecule has 3 saturated heterocycles. The second-order valence-corrected chi connectivity index (χ2v) is 11.6. The van der Waals surface area contributed by atoms with Gasteiger partial charge in [0.2, 0.25) is 0 Å². The number of rotatable bonds is 5. The van der Waals surface area contributed by atoms with Gasteiger partial charge in [-0.15, -0.1) is 0 Å². The molecule has 202 valence electrons. The quantitative estimate of drug-likeness (QED) is 0.314. The summed E-state index contributed by atoms with van der Waals surface area (Å²) in [7, 11) is 0. The minimum absolute atomic E-state index is 0.0566. The first-order valence-corrected chi connectivity index (χ1v) is 13.5. The van der Waals surface area contributed by atoms with Crippen molar-refractivity contribution in [1.29, 1.82) is 0 Å². The van der Waals surface area contributed by atoms with Crippen LogP contribution >= 0.6 is 0 Å². The van der Waals surface area contributed by atoms with Gasteiger partial charge in [-0.2, -0.15) is 0 Å². The van der Waals surface area contributed by atoms with Crippen LogP contribution in [0.3, 0.4) is 0 Å². The van der Waals surface area contributed by atoms with Gasteiger partial charge in [-0.05, 0) is 49.5 Å². The molecular formula is C28H42O8. The van der Waals surface area contributed by atoms with Crippen molar-refractivity contribution in [2.24, 2.45) is 29.6 Å². The molecule has 0 aromatic rings. The van der Waals surface area contributed by atoms with Gasteiger partial charge in [-0.1, -0.05) is 27.4 Å². The molecule has 4 aliphatic rings. The lowest BCUT2D eigenvalue weighted by atomic mass is 9.59. The monoisotopic (exact) mass is 506 g/mol. The lowest BCUT2D eigenvalue weighted by molar-refractivity contribution is -0.205. The molecule has 11 atom stereocenters. The predicted octanol–water partition coefficient (Wildman–Crippen LogP) is 3.99. The maximum atomic E-state index is 12.7. The maximum absolute atomic E-state index is 12.7. The number of fused-ring (bicyclic) bond motifs is 2. The summed E-state index contributed by atoms with van der Waals surface area (Å²) in [6.45, 7) is 15.8. The van der Waals surface area contributed by atoms with Crippen LogP contribution in [-0.4, -0.2) is 60.6 Å². The van der Waals surface area contributed by atoms with Crippen LogP contribution in [0.15, 0.2) is 12.2 Å². The van der Waals surface area contributed by atoms with Gasteiger partial charge in [0.05, 0.1) is 18.8 Å². The fourth-order valence-corrected chi connectivity index (χ4v) is 7.26. The van der Waals surface area contributed by atoms with Gasteiger partial charge in [-0.3, -0.25) is 14.4 Å². The standard InChI is InChI=1S/C28H42O8/c1-8-9-23(31)36-26-15(3)10-19-16(4)13-32-28(7)22(34-18(6)30)12-20(33-17(5)29)14(2)11-21-25(26)24(19)27(28)35-21/h15-16,19-22,24-27H,2,8-13H2,1,3-7H3. The SMILES string of the molecule is C=C1CC2OC3C4C(CC(C)C(OC(=O)CCC)C24)C(C)COC3(C)C(OC(C)=O)CC1OC(C)=O. The normalized spacial score (nSPS) is 43.9. The highest BCUT2D eigenvalue weighted by Crippen LogP contribution is 2.58. The van der Waals surface area contributed by atoms with Crippen LogP contribution in [0.5, 0.6) is 0 Å². The number of ether oxygens (including phenoxy) is 5. The molecule has 4 rings (SSSR count). The average molecular weight is 507 g/mol. The van der Waals surface area contributed by atoms with Gasteiger partial charge in [-0.25, -0.2) is 0 Å². The van der Waals surface area contributed by atoms with E-state index in [1.54, 1.807) is 0 Å². The van der Waals surface area contributed by atoms with Gasteiger partial charge < -0.3 is 23.7 Å². The van der Waals surface area contributed by atoms with Gasteiger partial charge in [0, 0.05) is 38.5 Å². The Morgan fingerprint density at radius 1 is 1.03 bits per heavy atom. The molecule has 0 aromatic heterocycles. The van der Waals surface area contributed by atoms with E-state index in [0.29, 0.717) is 30.9 Å². The lowest BCUT2D eigenvalue weighted by Gasteiger charge is -2.47. The van der Waals surface area contributed by atoms with Crippen molar-refractivity contribution in [2.45, 2.75) is 110 Å². The molecule has 0 aromatic carbocycles. The van der Waals surface area contributed by atoms with Crippen LogP contribution in [0.1, 0.15) is 73.6 Å². The molecule has 0 radical (unpaired) electrons. The van der Waals surface area contributed by atoms with Gasteiger partial charge in [0.1, 0.15) is 23.9 Å². The second kappa shape index (κ2) is 10.4. The number of hydrogen-bond donors (Lipinski definition) is 0. The summed E-state index contributed by atoms with van der Waals surface area (Å²) >= 11 is 0. The average Bonchev–Trinajstić information content (AvgIpc) is 3.13. The van der Waals surface area contributed by atoms with Crippen molar-refractivity contribution in [3.63, 3.8) is 0 Å². The van der Waals surface area contributed by atoms with E-state index in [4.69, 9.17) is 23.7 Å². The summed E-state index contributed by atoms with van der Waals surface area (Å²) < 4.78 is 31.2. The van der Waals surface area contributed by atoms with E-state index in [9.17, 15) is 14.4 Å². The fraction of sp³-hybridized carbons (Fsp3) is 0.821. The number of carbonyl (C=O) groups excluding carboxylic acids is 3. The van der Waals surface area contributed by atoms with E-state index in [0.717, 1.165) is 12.8 Å². The molecule has 2 bridgehead atoms. The van der Waals surface area contributed by atoms with Crippen molar-refractivity contribution in [2.75, 3.05) is 6.61 Å². The Bertz CT molecular complexity index is 885. The largest absolute Gasteiger partial charge is 0.462 e. The zero-order chi connectivity index (χ0) is 26.4. The molecular weight excluding hydrogens is 464 g/mol. The van der Waals surface area contributed by atoms with Crippen LogP contribution in [0.2, 0.25) is 0 Å². The molecule has 3 heterocycles. The smallest absolute Gasteiger partial charge is 0.306 e. The number of esters is 3. The highest BCUT2D eigenvalue weighted by molar-refractivity contribution is 5.69. The number of carbonyl (C=O) groups is 3. The van der Waals surface area contributed by atoms with Gasteiger partial charge in [0.15, 0.2) is 0 Å². The van der Waals surface area contributed by atoms with Crippen LogP contribution in [0.4, 0.5) is 0 Å². The second-order valence-electron chi connectivity index (χ2n) is 11.6. The highest BCUT2D eigenvalue weighted by atomic mass is 16.6. The first-order chi connectivity index (χ1) is 17.0. The van der Waals surface area contributed by atoms with Gasteiger partial charge in [0.25, 0.3) is 0 Å². The molecule has 36 heavy (non-hydrogen) atoms. The fourth-order valence-electron chi connectivity index (χ4n) is 7.26. The molecule has 0 amide bonds. The van der Waals surface area contributed by atoms with E-state index in [1.807, 2.05) is 13.8 Å². The van der Waals surface area contributed by atoms with E-state index in [2.05, 4.69) is 20.4 Å². The van der Waals surface area contributed by atoms with Crippen LogP contribution in [-0.2, 0) is 38.1 Å². The van der Waals surface area contributed by atoms with Crippen molar-refractivity contribution in [3.8, 4) is 0 Å². The maximum Gasteiger partial charge on any atom is 0.306 e. The topological polar surface area (TPSA) is 97.4 Å². The van der Waals surface area contributed by atoms with Crippen LogP contribution in [0.25, 0.3) is 0 Å². The molecule has 11 unspecified atom stereocenters. The summed E-state index contributed by atoms with van der Waals surface area (Å²) in [5.41, 5.74) is -0.259. The molecule has 3 aliphatic heterocycles. The Kier molecular flexibility index (Phi) is 7.87. The van der Waals surface area contributed by atoms with Crippen molar-refractivity contribution in [3.05, 3.63) is 12.2 Å². The number of hydrogen-bond acceptors (Lipinski definition) is 8. The Balaban J connectivity index is 1.81. The summed E-state index contributed by atoms with van der Waals surface area (Å²) in [5, 5.41) is 0. The highest BCUT2D eigenvalue weighted by Gasteiger charge is 2.65. The third-order valence-electron chi connectivity index (χ3n) is 8.90. The molecule has 0 N–H and O–H groups in total. The van der Waals surface area contributed by atoms with Crippen molar-refractivity contribution in [1.82, 2.24) is 0 Å². The third-order valence-corrected chi connectivity index (χ3v) is 8.90. The van der Waals surface area contributed by atoms with E-state index in [-0.39, 0.29) is 54.4 Å². The molecule has 0 spiro atoms. The summed E-state index contributed by atoms with van der Waals surface area (Å²) in [6, 6.07) is 0. The summed E-state index contributed by atoms with van der Waals surface area (Å²) in [5.74, 6) is -0.286. The molecule has 1 aliphatic carbocycles. The van der Waals surface area contributed by atoms with E-state index in [1.165, 1.54) is 13.8 Å². The van der Waals surface area contributed by atoms with E-state index < -0.39 is 29.7 Å². The zero-order valence-corrected chi connectivity index (χ0v) is 22.5. The first kappa shape index (κ1) is 27.1. The Hall–Kier alpha value is -1.93. The molecule has 8 heteroatoms. The third kappa shape index (κ3) is 4.95. The molecule has 8 nitrogen and oxygen atoms in total. The van der Waals surface area contributed by atoms with E-state index >= 15 is 0 Å². The van der Waals surface area contributed by atoms with Crippen LogP contribution in [0, 0.1) is 29.6 Å². The van der Waals surface area contributed by atoms with Crippen molar-refractivity contribution < 1.29 is 38.1 Å². The van der Waals surface area contributed by atoms with Crippen LogP contribution < -0.4 is 0 Å². The lowest BCUT2D eigenvalue weighted by Crippen LogP contribution is -2.58. The first-order valence-electron chi connectivity index (χ1n) is 13.5. The summed E-state index contributed by atoms with van der Waals surface area (Å²) in [4.78, 5) is 36.9. The summed E-state index contributed by atoms with van der Waals surface area (Å²) in [6.07, 6.45) is 0.456. The molecule has 1 saturated carbocycles. The predicted molar refractivity (Wildman–Crippen MR) is 131 cm³/mol. The zero-order valence-electron chi connectivity index (χ0n) is 22.5. The Morgan fingerprint density at radius 2 is 1.72 bits per heavy atom. The Labute approximate surface area is 214 Å². The molecule has 4 fully saturated rings. The minimum Gasteiger partial charge on any atom is -0.462 e.